The highest BCUT2D eigenvalue weighted by Gasteiger charge is 2.18. The van der Waals surface area contributed by atoms with E-state index in [2.05, 4.69) is 19.7 Å². The van der Waals surface area contributed by atoms with Gasteiger partial charge in [0.1, 0.15) is 16.3 Å². The summed E-state index contributed by atoms with van der Waals surface area (Å²) >= 11 is 1.29. The van der Waals surface area contributed by atoms with Crippen molar-refractivity contribution in [3.05, 3.63) is 70.4 Å². The van der Waals surface area contributed by atoms with Gasteiger partial charge in [0, 0.05) is 11.6 Å². The van der Waals surface area contributed by atoms with Gasteiger partial charge in [-0.3, -0.25) is 14.3 Å². The molecule has 0 aliphatic heterocycles. The first-order valence-corrected chi connectivity index (χ1v) is 10.2. The molecule has 4 heterocycles. The highest BCUT2D eigenvalue weighted by molar-refractivity contribution is 7.08. The van der Waals surface area contributed by atoms with E-state index in [0.717, 1.165) is 27.2 Å². The molecule has 0 N–H and O–H groups in total. The van der Waals surface area contributed by atoms with Crippen molar-refractivity contribution in [2.24, 2.45) is 0 Å². The number of benzene rings is 1. The summed E-state index contributed by atoms with van der Waals surface area (Å²) < 4.78 is 12.8. The molecule has 30 heavy (non-hydrogen) atoms. The van der Waals surface area contributed by atoms with Gasteiger partial charge in [0.15, 0.2) is 5.52 Å². The molecule has 0 bridgehead atoms. The van der Waals surface area contributed by atoms with E-state index in [1.165, 1.54) is 11.5 Å². The maximum absolute atomic E-state index is 13.3. The summed E-state index contributed by atoms with van der Waals surface area (Å²) in [7, 11) is 1.62. The average Bonchev–Trinajstić information content (AvgIpc) is 3.39. The first-order valence-electron chi connectivity index (χ1n) is 9.39. The van der Waals surface area contributed by atoms with Gasteiger partial charge in [-0.05, 0) is 61.3 Å². The van der Waals surface area contributed by atoms with Crippen LogP contribution >= 0.6 is 11.5 Å². The summed E-state index contributed by atoms with van der Waals surface area (Å²) in [6, 6.07) is 11.4. The van der Waals surface area contributed by atoms with Crippen molar-refractivity contribution in [3.63, 3.8) is 0 Å². The molecule has 4 aromatic heterocycles. The minimum absolute atomic E-state index is 0.169. The molecule has 0 radical (unpaired) electrons. The zero-order valence-corrected chi connectivity index (χ0v) is 17.4. The molecular weight excluding hydrogens is 400 g/mol. The zero-order chi connectivity index (χ0) is 20.8. The second kappa shape index (κ2) is 7.03. The summed E-state index contributed by atoms with van der Waals surface area (Å²) in [6.45, 7) is 3.90. The van der Waals surface area contributed by atoms with Crippen molar-refractivity contribution < 1.29 is 4.74 Å². The molecule has 0 fully saturated rings. The van der Waals surface area contributed by atoms with Gasteiger partial charge < -0.3 is 4.74 Å². The summed E-state index contributed by atoms with van der Waals surface area (Å²) in [6.07, 6.45) is 3.41. The maximum atomic E-state index is 13.3. The van der Waals surface area contributed by atoms with Crippen LogP contribution in [0.5, 0.6) is 5.75 Å². The molecule has 0 aliphatic rings. The summed E-state index contributed by atoms with van der Waals surface area (Å²) in [4.78, 5) is 17.7. The normalized spacial score (nSPS) is 12.5. The lowest BCUT2D eigenvalue weighted by atomic mass is 10.1. The molecule has 150 valence electrons. The van der Waals surface area contributed by atoms with Crippen LogP contribution in [-0.4, -0.2) is 36.0 Å². The average molecular weight is 418 g/mol. The summed E-state index contributed by atoms with van der Waals surface area (Å²) in [5.41, 5.74) is 3.60. The predicted molar refractivity (Wildman–Crippen MR) is 116 cm³/mol. The lowest BCUT2D eigenvalue weighted by Crippen LogP contribution is -2.21. The van der Waals surface area contributed by atoms with E-state index in [1.807, 2.05) is 44.2 Å². The SMILES string of the molecule is COc1cnc2ccc(C(C)n3nnc4ccn(-c5cc(C)ns5)c(=O)c43)cc2c1. The largest absolute Gasteiger partial charge is 0.495 e. The van der Waals surface area contributed by atoms with Crippen LogP contribution in [0.25, 0.3) is 26.9 Å². The highest BCUT2D eigenvalue weighted by atomic mass is 32.1. The van der Waals surface area contributed by atoms with Crippen LogP contribution in [0, 0.1) is 6.92 Å². The number of rotatable bonds is 4. The quantitative estimate of drug-likeness (QED) is 0.444. The number of aromatic nitrogens is 6. The van der Waals surface area contributed by atoms with E-state index < -0.39 is 0 Å². The van der Waals surface area contributed by atoms with Gasteiger partial charge in [0.2, 0.25) is 0 Å². The third kappa shape index (κ3) is 2.94. The molecule has 9 heteroatoms. The Bertz CT molecular complexity index is 1450. The third-order valence-electron chi connectivity index (χ3n) is 5.14. The molecule has 0 spiro atoms. The van der Waals surface area contributed by atoms with Gasteiger partial charge in [-0.25, -0.2) is 4.68 Å². The van der Waals surface area contributed by atoms with Gasteiger partial charge in [-0.15, -0.1) is 5.10 Å². The lowest BCUT2D eigenvalue weighted by molar-refractivity contribution is 0.414. The fraction of sp³-hybridized carbons (Fsp3) is 0.190. The summed E-state index contributed by atoms with van der Waals surface area (Å²) in [5, 5.41) is 10.2. The Hall–Kier alpha value is -3.59. The van der Waals surface area contributed by atoms with E-state index in [-0.39, 0.29) is 11.6 Å². The highest BCUT2D eigenvalue weighted by Crippen LogP contribution is 2.26. The molecule has 1 unspecified atom stereocenters. The van der Waals surface area contributed by atoms with Crippen molar-refractivity contribution in [1.29, 1.82) is 0 Å². The van der Waals surface area contributed by atoms with Crippen LogP contribution in [0.4, 0.5) is 0 Å². The topological polar surface area (TPSA) is 87.7 Å². The van der Waals surface area contributed by atoms with Crippen LogP contribution in [0.1, 0.15) is 24.2 Å². The van der Waals surface area contributed by atoms with E-state index >= 15 is 0 Å². The number of ether oxygens (including phenoxy) is 1. The predicted octanol–water partition coefficient (Wildman–Crippen LogP) is 3.51. The van der Waals surface area contributed by atoms with Crippen LogP contribution in [0.2, 0.25) is 0 Å². The number of nitrogens with zero attached hydrogens (tertiary/aromatic N) is 6. The third-order valence-corrected chi connectivity index (χ3v) is 6.02. The van der Waals surface area contributed by atoms with Crippen LogP contribution in [0.3, 0.4) is 0 Å². The van der Waals surface area contributed by atoms with Crippen LogP contribution in [-0.2, 0) is 0 Å². The Morgan fingerprint density at radius 3 is 2.77 bits per heavy atom. The summed E-state index contributed by atoms with van der Waals surface area (Å²) in [5.74, 6) is 0.696. The molecule has 1 atom stereocenters. The van der Waals surface area contributed by atoms with Crippen molar-refractivity contribution in [3.8, 4) is 10.8 Å². The second-order valence-electron chi connectivity index (χ2n) is 7.07. The van der Waals surface area contributed by atoms with E-state index in [0.29, 0.717) is 16.8 Å². The molecule has 5 rings (SSSR count). The van der Waals surface area contributed by atoms with Gasteiger partial charge in [0.05, 0.1) is 30.6 Å². The van der Waals surface area contributed by atoms with Gasteiger partial charge in [-0.2, -0.15) is 4.37 Å². The minimum atomic E-state index is -0.197. The molecular formula is C21H18N6O2S. The number of aryl methyl sites for hydroxylation is 1. The number of fused-ring (bicyclic) bond motifs is 2. The lowest BCUT2D eigenvalue weighted by Gasteiger charge is -2.14. The zero-order valence-electron chi connectivity index (χ0n) is 16.6. The van der Waals surface area contributed by atoms with Crippen LogP contribution in [0.15, 0.2) is 53.6 Å². The Balaban J connectivity index is 1.64. The smallest absolute Gasteiger partial charge is 0.283 e. The monoisotopic (exact) mass is 418 g/mol. The van der Waals surface area contributed by atoms with Crippen molar-refractivity contribution in [2.75, 3.05) is 7.11 Å². The number of hydrogen-bond donors (Lipinski definition) is 0. The van der Waals surface area contributed by atoms with Gasteiger partial charge in [-0.1, -0.05) is 11.3 Å². The fourth-order valence-corrected chi connectivity index (χ4v) is 4.25. The Morgan fingerprint density at radius 2 is 2.00 bits per heavy atom. The first-order chi connectivity index (χ1) is 14.5. The molecule has 1 aromatic carbocycles. The molecule has 0 saturated carbocycles. The fourth-order valence-electron chi connectivity index (χ4n) is 3.50. The minimum Gasteiger partial charge on any atom is -0.495 e. The molecule has 8 nitrogen and oxygen atoms in total. The molecule has 5 aromatic rings. The molecule has 0 saturated heterocycles. The van der Waals surface area contributed by atoms with E-state index in [4.69, 9.17) is 4.74 Å². The van der Waals surface area contributed by atoms with Crippen LogP contribution < -0.4 is 10.3 Å². The van der Waals surface area contributed by atoms with Gasteiger partial charge in [0.25, 0.3) is 5.56 Å². The van der Waals surface area contributed by atoms with E-state index in [1.54, 1.807) is 34.8 Å². The second-order valence-corrected chi connectivity index (χ2v) is 7.85. The first kappa shape index (κ1) is 18.4. The maximum Gasteiger partial charge on any atom is 0.283 e. The Labute approximate surface area is 175 Å². The Morgan fingerprint density at radius 1 is 1.13 bits per heavy atom. The number of pyridine rings is 2. The Kier molecular flexibility index (Phi) is 4.32. The molecule has 0 amide bonds. The molecule has 0 aliphatic carbocycles. The van der Waals surface area contributed by atoms with Gasteiger partial charge >= 0.3 is 0 Å². The van der Waals surface area contributed by atoms with Crippen molar-refractivity contribution in [1.82, 2.24) is 28.9 Å². The standard InChI is InChI=1S/C21H18N6O2S/c1-12-8-19(30-24-12)26-7-6-18-20(21(26)28)27(25-23-18)13(2)14-4-5-17-15(9-14)10-16(29-3)11-22-17/h4-11,13H,1-3H3. The number of methoxy groups -OCH3 is 1. The van der Waals surface area contributed by atoms with E-state index in [9.17, 15) is 4.79 Å². The van der Waals surface area contributed by atoms with Crippen molar-refractivity contribution >= 4 is 33.5 Å². The van der Waals surface area contributed by atoms with Crippen molar-refractivity contribution in [2.45, 2.75) is 19.9 Å². The number of hydrogen-bond acceptors (Lipinski definition) is 7.